The third kappa shape index (κ3) is 3.13. The number of aromatic nitrogens is 4. The number of H-pyrrole nitrogens is 1. The van der Waals surface area contributed by atoms with E-state index in [1.165, 1.54) is 0 Å². The van der Waals surface area contributed by atoms with Crippen LogP contribution in [0.25, 0.3) is 0 Å². The largest absolute Gasteiger partial charge is 0.348 e. The molecule has 0 radical (unpaired) electrons. The second kappa shape index (κ2) is 5.37. The summed E-state index contributed by atoms with van der Waals surface area (Å²) in [6.07, 6.45) is 6.28. The Kier molecular flexibility index (Phi) is 3.61. The van der Waals surface area contributed by atoms with Crippen LogP contribution in [0.4, 0.5) is 0 Å². The van der Waals surface area contributed by atoms with Gasteiger partial charge in [-0.15, -0.1) is 0 Å². The highest BCUT2D eigenvalue weighted by molar-refractivity contribution is 5.01. The molecular weight excluding hydrogens is 202 g/mol. The average Bonchev–Trinajstić information content (AvgIpc) is 2.77. The van der Waals surface area contributed by atoms with Crippen molar-refractivity contribution >= 4 is 0 Å². The van der Waals surface area contributed by atoms with Crippen molar-refractivity contribution in [2.45, 2.75) is 19.9 Å². The lowest BCUT2D eigenvalue weighted by atomic mass is 10.3. The summed E-state index contributed by atoms with van der Waals surface area (Å²) in [4.78, 5) is 15.4. The van der Waals surface area contributed by atoms with Gasteiger partial charge in [-0.3, -0.25) is 0 Å². The van der Waals surface area contributed by atoms with Gasteiger partial charge < -0.3 is 10.3 Å². The second-order valence-electron chi connectivity index (χ2n) is 3.60. The number of rotatable bonds is 5. The average molecular weight is 217 g/mol. The van der Waals surface area contributed by atoms with Crippen LogP contribution in [0.15, 0.2) is 24.8 Å². The molecule has 0 aromatic carbocycles. The Bertz CT molecular complexity index is 424. The third-order valence-electron chi connectivity index (χ3n) is 2.27. The van der Waals surface area contributed by atoms with Gasteiger partial charge >= 0.3 is 0 Å². The van der Waals surface area contributed by atoms with Gasteiger partial charge in [-0.1, -0.05) is 0 Å². The van der Waals surface area contributed by atoms with Crippen molar-refractivity contribution in [2.75, 3.05) is 6.54 Å². The molecule has 0 bridgehead atoms. The van der Waals surface area contributed by atoms with Crippen molar-refractivity contribution < 1.29 is 0 Å². The Balaban J connectivity index is 1.72. The number of aromatic amines is 1. The van der Waals surface area contributed by atoms with Gasteiger partial charge in [0.15, 0.2) is 0 Å². The number of imidazole rings is 1. The molecule has 2 N–H and O–H groups in total. The van der Waals surface area contributed by atoms with Crippen LogP contribution < -0.4 is 5.32 Å². The number of hydrogen-bond acceptors (Lipinski definition) is 4. The summed E-state index contributed by atoms with van der Waals surface area (Å²) in [6, 6.07) is 1.93. The molecule has 16 heavy (non-hydrogen) atoms. The van der Waals surface area contributed by atoms with Crippen molar-refractivity contribution in [3.63, 3.8) is 0 Å². The molecule has 0 amide bonds. The summed E-state index contributed by atoms with van der Waals surface area (Å²) in [5.41, 5.74) is 2.17. The molecule has 0 saturated heterocycles. The molecule has 0 fully saturated rings. The zero-order chi connectivity index (χ0) is 11.2. The van der Waals surface area contributed by atoms with E-state index in [1.54, 1.807) is 12.5 Å². The Morgan fingerprint density at radius 3 is 3.12 bits per heavy atom. The molecule has 0 spiro atoms. The molecule has 84 valence electrons. The Labute approximate surface area is 94.4 Å². The molecule has 0 saturated carbocycles. The Hall–Kier alpha value is -1.75. The number of hydrogen-bond donors (Lipinski definition) is 2. The van der Waals surface area contributed by atoms with Crippen LogP contribution in [0, 0.1) is 6.92 Å². The minimum absolute atomic E-state index is 0.775. The van der Waals surface area contributed by atoms with Crippen LogP contribution in [0.1, 0.15) is 17.2 Å². The van der Waals surface area contributed by atoms with E-state index in [9.17, 15) is 0 Å². The quantitative estimate of drug-likeness (QED) is 0.728. The van der Waals surface area contributed by atoms with Crippen molar-refractivity contribution in [1.82, 2.24) is 25.3 Å². The van der Waals surface area contributed by atoms with Gasteiger partial charge in [-0.25, -0.2) is 15.0 Å². The highest BCUT2D eigenvalue weighted by atomic mass is 14.9. The predicted molar refractivity (Wildman–Crippen MR) is 60.8 cm³/mol. The monoisotopic (exact) mass is 217 g/mol. The lowest BCUT2D eigenvalue weighted by Crippen LogP contribution is -2.17. The first kappa shape index (κ1) is 10.8. The summed E-state index contributed by atoms with van der Waals surface area (Å²) in [6.45, 7) is 3.58. The molecular formula is C11H15N5. The maximum atomic E-state index is 4.31. The molecule has 5 heteroatoms. The van der Waals surface area contributed by atoms with Crippen molar-refractivity contribution in [2.24, 2.45) is 0 Å². The smallest absolute Gasteiger partial charge is 0.125 e. The minimum atomic E-state index is 0.775. The summed E-state index contributed by atoms with van der Waals surface area (Å²) in [7, 11) is 0. The van der Waals surface area contributed by atoms with Gasteiger partial charge in [0, 0.05) is 37.6 Å². The van der Waals surface area contributed by atoms with Crippen LogP contribution in [-0.2, 0) is 13.0 Å². The highest BCUT2D eigenvalue weighted by Gasteiger charge is 1.96. The lowest BCUT2D eigenvalue weighted by Gasteiger charge is -2.03. The number of nitrogens with zero attached hydrogens (tertiary/aromatic N) is 3. The van der Waals surface area contributed by atoms with Gasteiger partial charge in [-0.2, -0.15) is 0 Å². The highest BCUT2D eigenvalue weighted by Crippen LogP contribution is 1.95. The topological polar surface area (TPSA) is 66.5 Å². The summed E-state index contributed by atoms with van der Waals surface area (Å²) in [5, 5.41) is 3.33. The van der Waals surface area contributed by atoms with Crippen molar-refractivity contribution in [1.29, 1.82) is 0 Å². The maximum absolute atomic E-state index is 4.31. The maximum Gasteiger partial charge on any atom is 0.125 e. The SMILES string of the molecule is Cc1nccc(CNCCc2cnc[nH]2)n1. The zero-order valence-electron chi connectivity index (χ0n) is 9.27. The van der Waals surface area contributed by atoms with E-state index in [0.717, 1.165) is 36.7 Å². The van der Waals surface area contributed by atoms with Gasteiger partial charge in [0.05, 0.1) is 12.0 Å². The number of nitrogens with one attached hydrogen (secondary N) is 2. The van der Waals surface area contributed by atoms with Crippen molar-refractivity contribution in [3.05, 3.63) is 42.0 Å². The van der Waals surface area contributed by atoms with E-state index in [0.29, 0.717) is 0 Å². The van der Waals surface area contributed by atoms with E-state index in [-0.39, 0.29) is 0 Å². The molecule has 0 atom stereocenters. The standard InChI is InChI=1S/C11H15N5/c1-9-14-5-3-11(16-9)7-12-4-2-10-6-13-8-15-10/h3,5-6,8,12H,2,4,7H2,1H3,(H,13,15). The van der Waals surface area contributed by atoms with Crippen molar-refractivity contribution in [3.8, 4) is 0 Å². The minimum Gasteiger partial charge on any atom is -0.348 e. The van der Waals surface area contributed by atoms with E-state index in [1.807, 2.05) is 19.2 Å². The fourth-order valence-corrected chi connectivity index (χ4v) is 1.46. The van der Waals surface area contributed by atoms with E-state index >= 15 is 0 Å². The molecule has 0 aliphatic carbocycles. The van der Waals surface area contributed by atoms with Crippen LogP contribution in [0.3, 0.4) is 0 Å². The molecule has 2 heterocycles. The molecule has 5 nitrogen and oxygen atoms in total. The summed E-state index contributed by atoms with van der Waals surface area (Å²) >= 11 is 0. The number of aryl methyl sites for hydroxylation is 1. The lowest BCUT2D eigenvalue weighted by molar-refractivity contribution is 0.666. The van der Waals surface area contributed by atoms with Crippen LogP contribution in [-0.4, -0.2) is 26.5 Å². The first-order valence-corrected chi connectivity index (χ1v) is 5.31. The molecule has 0 aliphatic heterocycles. The summed E-state index contributed by atoms with van der Waals surface area (Å²) < 4.78 is 0. The summed E-state index contributed by atoms with van der Waals surface area (Å²) in [5.74, 6) is 0.813. The van der Waals surface area contributed by atoms with E-state index < -0.39 is 0 Å². The molecule has 2 aromatic rings. The third-order valence-corrected chi connectivity index (χ3v) is 2.27. The van der Waals surface area contributed by atoms with Crippen LogP contribution in [0.2, 0.25) is 0 Å². The molecule has 2 rings (SSSR count). The van der Waals surface area contributed by atoms with Gasteiger partial charge in [-0.05, 0) is 13.0 Å². The fourth-order valence-electron chi connectivity index (χ4n) is 1.46. The predicted octanol–water partition coefficient (Wildman–Crippen LogP) is 0.840. The van der Waals surface area contributed by atoms with Gasteiger partial charge in [0.25, 0.3) is 0 Å². The first-order chi connectivity index (χ1) is 7.84. The van der Waals surface area contributed by atoms with Crippen LogP contribution in [0.5, 0.6) is 0 Å². The molecule has 0 aliphatic rings. The Morgan fingerprint density at radius 1 is 1.44 bits per heavy atom. The van der Waals surface area contributed by atoms with Gasteiger partial charge in [0.1, 0.15) is 5.82 Å². The van der Waals surface area contributed by atoms with E-state index in [2.05, 4.69) is 25.3 Å². The molecule has 2 aromatic heterocycles. The molecule has 0 unspecified atom stereocenters. The normalized spacial score (nSPS) is 10.6. The van der Waals surface area contributed by atoms with Gasteiger partial charge in [0.2, 0.25) is 0 Å². The van der Waals surface area contributed by atoms with Crippen LogP contribution >= 0.6 is 0 Å². The first-order valence-electron chi connectivity index (χ1n) is 5.31. The second-order valence-corrected chi connectivity index (χ2v) is 3.60. The Morgan fingerprint density at radius 2 is 2.38 bits per heavy atom. The van der Waals surface area contributed by atoms with E-state index in [4.69, 9.17) is 0 Å². The zero-order valence-corrected chi connectivity index (χ0v) is 9.27. The fraction of sp³-hybridized carbons (Fsp3) is 0.364.